The third kappa shape index (κ3) is 5.58. The predicted octanol–water partition coefficient (Wildman–Crippen LogP) is 0.219. The van der Waals surface area contributed by atoms with Crippen LogP contribution in [0.1, 0.15) is 31.5 Å². The van der Waals surface area contributed by atoms with E-state index in [9.17, 15) is 19.5 Å². The summed E-state index contributed by atoms with van der Waals surface area (Å²) in [7, 11) is 0. The maximum Gasteiger partial charge on any atom is 0.313 e. The van der Waals surface area contributed by atoms with Gasteiger partial charge in [0.05, 0.1) is 6.54 Å². The van der Waals surface area contributed by atoms with Crippen molar-refractivity contribution in [3.63, 3.8) is 0 Å². The highest BCUT2D eigenvalue weighted by atomic mass is 32.2. The molecule has 2 saturated heterocycles. The molecule has 3 atom stereocenters. The summed E-state index contributed by atoms with van der Waals surface area (Å²) in [4.78, 5) is 49.7. The number of carboxylic acids is 1. The van der Waals surface area contributed by atoms with Gasteiger partial charge in [0.25, 0.3) is 5.91 Å². The Morgan fingerprint density at radius 2 is 2.18 bits per heavy atom. The smallest absolute Gasteiger partial charge is 0.313 e. The van der Waals surface area contributed by atoms with Crippen LogP contribution in [-0.4, -0.2) is 98.6 Å². The van der Waals surface area contributed by atoms with Gasteiger partial charge in [0, 0.05) is 29.6 Å². The third-order valence-corrected chi connectivity index (χ3v) is 10.0. The van der Waals surface area contributed by atoms with Crippen LogP contribution in [-0.2, 0) is 25.8 Å². The van der Waals surface area contributed by atoms with E-state index < -0.39 is 28.7 Å². The molecule has 0 aromatic carbocycles. The molecule has 4 N–H and O–H groups in total. The van der Waals surface area contributed by atoms with E-state index in [4.69, 9.17) is 10.6 Å². The number of anilines is 1. The quantitative estimate of drug-likeness (QED) is 0.105. The van der Waals surface area contributed by atoms with Gasteiger partial charge in [-0.05, 0) is 36.1 Å². The molecule has 5 rings (SSSR count). The molecule has 0 bridgehead atoms. The van der Waals surface area contributed by atoms with Crippen molar-refractivity contribution in [3.8, 4) is 0 Å². The first-order valence-corrected chi connectivity index (χ1v) is 14.9. The molecule has 0 radical (unpaired) electrons. The van der Waals surface area contributed by atoms with Gasteiger partial charge in [-0.1, -0.05) is 23.0 Å². The van der Waals surface area contributed by atoms with Crippen molar-refractivity contribution in [1.29, 1.82) is 0 Å². The van der Waals surface area contributed by atoms with Crippen molar-refractivity contribution in [2.24, 2.45) is 10.6 Å². The Labute approximate surface area is 235 Å². The van der Waals surface area contributed by atoms with E-state index in [1.165, 1.54) is 33.1 Å². The monoisotopic (exact) mass is 594 g/mol. The number of nitrogen functional groups attached to an aromatic ring is 1. The average Bonchev–Trinajstić information content (AvgIpc) is 3.69. The van der Waals surface area contributed by atoms with E-state index >= 15 is 0 Å². The summed E-state index contributed by atoms with van der Waals surface area (Å²) >= 11 is 3.43. The number of thioether (sulfide) groups is 2. The van der Waals surface area contributed by atoms with E-state index in [1.807, 2.05) is 0 Å². The number of β-lactam (4-membered cyclic amide) rings is 1. The number of fused-ring (bicyclic) bond motifs is 1. The van der Waals surface area contributed by atoms with E-state index in [0.717, 1.165) is 37.2 Å². The van der Waals surface area contributed by atoms with Crippen LogP contribution in [0.15, 0.2) is 23.0 Å². The number of rotatable bonds is 11. The van der Waals surface area contributed by atoms with Crippen molar-refractivity contribution in [2.75, 3.05) is 23.8 Å². The van der Waals surface area contributed by atoms with Gasteiger partial charge in [0.1, 0.15) is 22.9 Å². The molecule has 15 nitrogen and oxygen atoms in total. The van der Waals surface area contributed by atoms with Crippen LogP contribution in [0.5, 0.6) is 0 Å². The minimum absolute atomic E-state index is 0.00284. The number of carbonyl (C=O) groups excluding carboxylic acids is 2. The first kappa shape index (κ1) is 27.3. The zero-order chi connectivity index (χ0) is 27.6. The molecular formula is C21H26N10O5S3. The number of aromatic nitrogens is 6. The second-order valence-corrected chi connectivity index (χ2v) is 12.2. The molecule has 208 valence electrons. The maximum atomic E-state index is 13.2. The molecule has 39 heavy (non-hydrogen) atoms. The number of nitrogens with zero attached hydrogens (tertiary/aromatic N) is 8. The van der Waals surface area contributed by atoms with Gasteiger partial charge in [0.2, 0.25) is 22.6 Å². The number of tetrazole rings is 1. The number of hydrogen-bond acceptors (Lipinski definition) is 14. The Kier molecular flexibility index (Phi) is 8.03. The van der Waals surface area contributed by atoms with Gasteiger partial charge in [-0.2, -0.15) is 9.36 Å². The van der Waals surface area contributed by atoms with Crippen LogP contribution in [0, 0.1) is 5.41 Å². The zero-order valence-corrected chi connectivity index (χ0v) is 23.1. The summed E-state index contributed by atoms with van der Waals surface area (Å²) in [5.41, 5.74) is 4.32. The van der Waals surface area contributed by atoms with Crippen molar-refractivity contribution in [1.82, 2.24) is 39.8 Å². The van der Waals surface area contributed by atoms with Gasteiger partial charge in [-0.25, -0.2) is 4.68 Å². The largest absolute Gasteiger partial charge is 0.481 e. The van der Waals surface area contributed by atoms with E-state index in [-0.39, 0.29) is 46.7 Å². The second-order valence-electron chi connectivity index (χ2n) is 9.33. The van der Waals surface area contributed by atoms with E-state index in [1.54, 1.807) is 6.08 Å². The minimum Gasteiger partial charge on any atom is -0.481 e. The molecule has 0 spiro atoms. The summed E-state index contributed by atoms with van der Waals surface area (Å²) < 4.78 is 5.60. The molecule has 2 aromatic heterocycles. The lowest BCUT2D eigenvalue weighted by molar-refractivity contribution is -0.157. The molecule has 3 aliphatic rings. The Morgan fingerprint density at radius 1 is 1.38 bits per heavy atom. The summed E-state index contributed by atoms with van der Waals surface area (Å²) in [5, 5.41) is 28.5. The number of carbonyl (C=O) groups is 3. The fourth-order valence-corrected chi connectivity index (χ4v) is 7.67. The summed E-state index contributed by atoms with van der Waals surface area (Å²) in [5.74, 6) is -1.65. The molecular weight excluding hydrogens is 568 g/mol. The molecule has 18 heteroatoms. The Balaban J connectivity index is 1.25. The summed E-state index contributed by atoms with van der Waals surface area (Å²) in [6.45, 7) is 4.05. The first-order valence-electron chi connectivity index (χ1n) is 12.1. The van der Waals surface area contributed by atoms with Crippen molar-refractivity contribution >= 4 is 63.7 Å². The van der Waals surface area contributed by atoms with Crippen LogP contribution < -0.4 is 11.1 Å². The lowest BCUT2D eigenvalue weighted by Gasteiger charge is -2.53. The number of oxime groups is 1. The standard InChI is InChI=1S/C21H26N10O5S3/c1-2-7-31-20(25-28-29-31)38-10-21(18(34)35)8-30-16(33)13(17(30)37-9-21)23-15(32)12(14-24-19(22)39-27-14)26-36-11-5-3-4-6-11/h2,11,13,17H,1,3-10H2,(H,23,32)(H,34,35)(H2,22,24,27)/t13?,17-,21?/m1/s1. The molecule has 4 heterocycles. The molecule has 1 saturated carbocycles. The summed E-state index contributed by atoms with van der Waals surface area (Å²) in [6.07, 6.45) is 5.27. The number of nitrogens with two attached hydrogens (primary N) is 1. The Bertz CT molecular complexity index is 1290. The lowest BCUT2D eigenvalue weighted by Crippen LogP contribution is -2.74. The number of aliphatic carboxylic acids is 1. The second kappa shape index (κ2) is 11.5. The van der Waals surface area contributed by atoms with Gasteiger partial charge < -0.3 is 25.9 Å². The number of nitrogens with one attached hydrogen (secondary N) is 1. The Morgan fingerprint density at radius 3 is 2.87 bits per heavy atom. The maximum absolute atomic E-state index is 13.2. The van der Waals surface area contributed by atoms with Crippen LogP contribution in [0.2, 0.25) is 0 Å². The molecule has 2 aromatic rings. The molecule has 3 fully saturated rings. The van der Waals surface area contributed by atoms with Gasteiger partial charge in [-0.3, -0.25) is 14.4 Å². The topological polar surface area (TPSA) is 204 Å². The van der Waals surface area contributed by atoms with E-state index in [2.05, 4.69) is 41.9 Å². The Hall–Kier alpha value is -3.25. The third-order valence-electron chi connectivity index (χ3n) is 6.63. The number of amides is 2. The number of allylic oxidation sites excluding steroid dienone is 1. The summed E-state index contributed by atoms with van der Waals surface area (Å²) in [6, 6.07) is -0.852. The highest BCUT2D eigenvalue weighted by Gasteiger charge is 2.57. The lowest BCUT2D eigenvalue weighted by atomic mass is 9.89. The van der Waals surface area contributed by atoms with Crippen molar-refractivity contribution < 1.29 is 24.3 Å². The van der Waals surface area contributed by atoms with E-state index in [0.29, 0.717) is 11.7 Å². The number of hydrogen-bond donors (Lipinski definition) is 3. The van der Waals surface area contributed by atoms with Crippen molar-refractivity contribution in [3.05, 3.63) is 18.5 Å². The normalized spacial score (nSPS) is 25.2. The number of carboxylic acid groups (broad SMARTS) is 1. The highest BCUT2D eigenvalue weighted by Crippen LogP contribution is 2.44. The first-order chi connectivity index (χ1) is 18.8. The van der Waals surface area contributed by atoms with Gasteiger partial charge in [0.15, 0.2) is 5.13 Å². The molecule has 2 amide bonds. The van der Waals surface area contributed by atoms with Crippen LogP contribution in [0.3, 0.4) is 0 Å². The predicted molar refractivity (Wildman–Crippen MR) is 143 cm³/mol. The van der Waals surface area contributed by atoms with Crippen molar-refractivity contribution in [2.45, 2.75) is 54.9 Å². The van der Waals surface area contributed by atoms with Gasteiger partial charge in [-0.15, -0.1) is 23.4 Å². The molecule has 2 aliphatic heterocycles. The van der Waals surface area contributed by atoms with Crippen LogP contribution in [0.4, 0.5) is 5.13 Å². The zero-order valence-electron chi connectivity index (χ0n) is 20.6. The van der Waals surface area contributed by atoms with Crippen LogP contribution in [0.25, 0.3) is 0 Å². The minimum atomic E-state index is -1.22. The fraction of sp³-hybridized carbons (Fsp3) is 0.571. The van der Waals surface area contributed by atoms with Gasteiger partial charge >= 0.3 is 5.97 Å². The molecule has 2 unspecified atom stereocenters. The fourth-order valence-electron chi connectivity index (χ4n) is 4.49. The van der Waals surface area contributed by atoms with Crippen LogP contribution >= 0.6 is 35.1 Å². The SMILES string of the molecule is C=CCn1nnnc1SCC1(C(=O)O)CS[C@@H]2C(NC(=O)C(=NOC3CCCC3)c3nsc(N)n3)C(=O)N2C1. The molecule has 1 aliphatic carbocycles. The highest BCUT2D eigenvalue weighted by molar-refractivity contribution is 8.00. The average molecular weight is 595 g/mol.